The Bertz CT molecular complexity index is 609. The number of rotatable bonds is 4. The van der Waals surface area contributed by atoms with Gasteiger partial charge in [0, 0.05) is 24.3 Å². The van der Waals surface area contributed by atoms with Crippen LogP contribution >= 0.6 is 12.2 Å². The minimum absolute atomic E-state index is 0.327. The molecule has 0 atom stereocenters. The van der Waals surface area contributed by atoms with Crippen LogP contribution < -0.4 is 10.6 Å². The van der Waals surface area contributed by atoms with Gasteiger partial charge in [-0.05, 0) is 38.2 Å². The van der Waals surface area contributed by atoms with Gasteiger partial charge in [-0.1, -0.05) is 12.1 Å². The maximum atomic E-state index is 13.5. The quantitative estimate of drug-likeness (QED) is 0.850. The van der Waals surface area contributed by atoms with Crippen LogP contribution in [0, 0.1) is 12.7 Å². The molecule has 0 fully saturated rings. The molecule has 0 spiro atoms. The molecule has 6 heteroatoms. The lowest BCUT2D eigenvalue weighted by molar-refractivity contribution is 0.632. The van der Waals surface area contributed by atoms with Gasteiger partial charge in [-0.2, -0.15) is 5.10 Å². The smallest absolute Gasteiger partial charge is 0.171 e. The van der Waals surface area contributed by atoms with E-state index in [4.69, 9.17) is 12.2 Å². The summed E-state index contributed by atoms with van der Waals surface area (Å²) in [6.07, 6.45) is 1.82. The Kier molecular flexibility index (Phi) is 4.68. The maximum Gasteiger partial charge on any atom is 0.171 e. The molecule has 1 aromatic heterocycles. The Morgan fingerprint density at radius 1 is 1.40 bits per heavy atom. The summed E-state index contributed by atoms with van der Waals surface area (Å²) < 4.78 is 15.4. The van der Waals surface area contributed by atoms with Crippen LogP contribution in [0.25, 0.3) is 0 Å². The summed E-state index contributed by atoms with van der Waals surface area (Å²) in [6, 6.07) is 6.42. The SMILES string of the molecule is CCn1ncc(CNC(=S)Nc2ccccc2F)c1C. The van der Waals surface area contributed by atoms with E-state index < -0.39 is 0 Å². The number of nitrogens with zero attached hydrogens (tertiary/aromatic N) is 2. The van der Waals surface area contributed by atoms with Gasteiger partial charge < -0.3 is 10.6 Å². The molecular formula is C14H17FN4S. The van der Waals surface area contributed by atoms with Gasteiger partial charge in [0.05, 0.1) is 11.9 Å². The highest BCUT2D eigenvalue weighted by Crippen LogP contribution is 2.12. The molecule has 2 aromatic rings. The molecule has 1 heterocycles. The summed E-state index contributed by atoms with van der Waals surface area (Å²) in [5.41, 5.74) is 2.55. The third-order valence-electron chi connectivity index (χ3n) is 3.07. The molecule has 20 heavy (non-hydrogen) atoms. The fourth-order valence-corrected chi connectivity index (χ4v) is 2.06. The second-order valence-electron chi connectivity index (χ2n) is 4.36. The van der Waals surface area contributed by atoms with Crippen molar-refractivity contribution >= 4 is 23.0 Å². The van der Waals surface area contributed by atoms with E-state index in [-0.39, 0.29) is 5.82 Å². The maximum absolute atomic E-state index is 13.5. The van der Waals surface area contributed by atoms with Crippen LogP contribution in [0.4, 0.5) is 10.1 Å². The fourth-order valence-electron chi connectivity index (χ4n) is 1.88. The van der Waals surface area contributed by atoms with E-state index in [0.717, 1.165) is 17.8 Å². The first-order valence-corrected chi connectivity index (χ1v) is 6.83. The van der Waals surface area contributed by atoms with Gasteiger partial charge >= 0.3 is 0 Å². The Morgan fingerprint density at radius 2 is 2.15 bits per heavy atom. The lowest BCUT2D eigenvalue weighted by Gasteiger charge is -2.11. The van der Waals surface area contributed by atoms with Gasteiger partial charge in [0.1, 0.15) is 5.82 Å². The van der Waals surface area contributed by atoms with Crippen LogP contribution in [0.5, 0.6) is 0 Å². The predicted molar refractivity (Wildman–Crippen MR) is 82.1 cm³/mol. The standard InChI is InChI=1S/C14H17FN4S/c1-3-19-10(2)11(9-17-19)8-16-14(20)18-13-7-5-4-6-12(13)15/h4-7,9H,3,8H2,1-2H3,(H2,16,18,20). The van der Waals surface area contributed by atoms with E-state index in [2.05, 4.69) is 15.7 Å². The predicted octanol–water partition coefficient (Wildman–Crippen LogP) is 2.84. The zero-order valence-electron chi connectivity index (χ0n) is 11.5. The van der Waals surface area contributed by atoms with E-state index in [1.54, 1.807) is 18.2 Å². The van der Waals surface area contributed by atoms with E-state index >= 15 is 0 Å². The largest absolute Gasteiger partial charge is 0.358 e. The fraction of sp³-hybridized carbons (Fsp3) is 0.286. The molecule has 106 valence electrons. The molecule has 0 saturated carbocycles. The first-order valence-electron chi connectivity index (χ1n) is 6.42. The molecule has 0 amide bonds. The van der Waals surface area contributed by atoms with Crippen molar-refractivity contribution in [1.82, 2.24) is 15.1 Å². The van der Waals surface area contributed by atoms with Gasteiger partial charge in [-0.25, -0.2) is 4.39 Å². The lowest BCUT2D eigenvalue weighted by Crippen LogP contribution is -2.28. The molecule has 0 radical (unpaired) electrons. The second-order valence-corrected chi connectivity index (χ2v) is 4.77. The van der Waals surface area contributed by atoms with Crippen LogP contribution in [-0.4, -0.2) is 14.9 Å². The second kappa shape index (κ2) is 6.47. The van der Waals surface area contributed by atoms with Gasteiger partial charge in [-0.15, -0.1) is 0 Å². The van der Waals surface area contributed by atoms with Gasteiger partial charge in [-0.3, -0.25) is 4.68 Å². The topological polar surface area (TPSA) is 41.9 Å². The number of hydrogen-bond donors (Lipinski definition) is 2. The van der Waals surface area contributed by atoms with Crippen molar-refractivity contribution in [3.63, 3.8) is 0 Å². The van der Waals surface area contributed by atoms with Gasteiger partial charge in [0.2, 0.25) is 0 Å². The Hall–Kier alpha value is -1.95. The van der Waals surface area contributed by atoms with Crippen LogP contribution in [0.2, 0.25) is 0 Å². The minimum atomic E-state index is -0.327. The number of nitrogens with one attached hydrogen (secondary N) is 2. The molecule has 0 aliphatic rings. The van der Waals surface area contributed by atoms with Crippen LogP contribution in [0.15, 0.2) is 30.5 Å². The lowest BCUT2D eigenvalue weighted by atomic mass is 10.2. The van der Waals surface area contributed by atoms with Crippen LogP contribution in [0.1, 0.15) is 18.2 Å². The normalized spacial score (nSPS) is 10.3. The average molecular weight is 292 g/mol. The summed E-state index contributed by atoms with van der Waals surface area (Å²) in [7, 11) is 0. The molecule has 0 aliphatic carbocycles. The molecule has 2 rings (SSSR count). The Balaban J connectivity index is 1.92. The zero-order valence-corrected chi connectivity index (χ0v) is 12.3. The Morgan fingerprint density at radius 3 is 2.80 bits per heavy atom. The highest BCUT2D eigenvalue weighted by molar-refractivity contribution is 7.80. The molecule has 1 aromatic carbocycles. The molecule has 0 bridgehead atoms. The van der Waals surface area contributed by atoms with Crippen molar-refractivity contribution in [2.75, 3.05) is 5.32 Å². The average Bonchev–Trinajstić information content (AvgIpc) is 2.79. The van der Waals surface area contributed by atoms with Crippen molar-refractivity contribution in [2.24, 2.45) is 0 Å². The number of hydrogen-bond acceptors (Lipinski definition) is 2. The summed E-state index contributed by atoms with van der Waals surface area (Å²) in [4.78, 5) is 0. The molecule has 0 aliphatic heterocycles. The molecular weight excluding hydrogens is 275 g/mol. The monoisotopic (exact) mass is 292 g/mol. The third-order valence-corrected chi connectivity index (χ3v) is 3.31. The number of anilines is 1. The van der Waals surface area contributed by atoms with E-state index in [1.165, 1.54) is 6.07 Å². The first kappa shape index (κ1) is 14.5. The van der Waals surface area contributed by atoms with Crippen molar-refractivity contribution < 1.29 is 4.39 Å². The first-order chi connectivity index (χ1) is 9.61. The number of para-hydroxylation sites is 1. The summed E-state index contributed by atoms with van der Waals surface area (Å²) in [6.45, 7) is 5.46. The van der Waals surface area contributed by atoms with Crippen molar-refractivity contribution in [3.05, 3.63) is 47.5 Å². The number of aromatic nitrogens is 2. The van der Waals surface area contributed by atoms with Gasteiger partial charge in [0.25, 0.3) is 0 Å². The van der Waals surface area contributed by atoms with Crippen molar-refractivity contribution in [2.45, 2.75) is 26.9 Å². The molecule has 4 nitrogen and oxygen atoms in total. The summed E-state index contributed by atoms with van der Waals surface area (Å²) >= 11 is 5.16. The Labute approximate surface area is 123 Å². The highest BCUT2D eigenvalue weighted by Gasteiger charge is 2.06. The molecule has 2 N–H and O–H groups in total. The summed E-state index contributed by atoms with van der Waals surface area (Å²) in [5.74, 6) is -0.327. The van der Waals surface area contributed by atoms with Gasteiger partial charge in [0.15, 0.2) is 5.11 Å². The highest BCUT2D eigenvalue weighted by atomic mass is 32.1. The van der Waals surface area contributed by atoms with Crippen LogP contribution in [0.3, 0.4) is 0 Å². The number of halogens is 1. The molecule has 0 saturated heterocycles. The van der Waals surface area contributed by atoms with E-state index in [0.29, 0.717) is 17.3 Å². The third kappa shape index (κ3) is 3.33. The number of thiocarbonyl (C=S) groups is 1. The zero-order chi connectivity index (χ0) is 14.5. The molecule has 0 unspecified atom stereocenters. The van der Waals surface area contributed by atoms with Crippen molar-refractivity contribution in [1.29, 1.82) is 0 Å². The number of aryl methyl sites for hydroxylation is 1. The van der Waals surface area contributed by atoms with E-state index in [1.807, 2.05) is 24.7 Å². The van der Waals surface area contributed by atoms with E-state index in [9.17, 15) is 4.39 Å². The number of benzene rings is 1. The van der Waals surface area contributed by atoms with Crippen molar-refractivity contribution in [3.8, 4) is 0 Å². The van der Waals surface area contributed by atoms with Crippen LogP contribution in [-0.2, 0) is 13.1 Å². The summed E-state index contributed by atoms with van der Waals surface area (Å²) in [5, 5.41) is 10.5. The minimum Gasteiger partial charge on any atom is -0.358 e.